The van der Waals surface area contributed by atoms with Gasteiger partial charge >= 0.3 is 0 Å². The highest BCUT2D eigenvalue weighted by Crippen LogP contribution is 2.50. The molecule has 0 unspecified atom stereocenters. The molecule has 0 amide bonds. The first-order valence-corrected chi connectivity index (χ1v) is 11.4. The molecule has 4 nitrogen and oxygen atoms in total. The van der Waals surface area contributed by atoms with Crippen molar-refractivity contribution in [2.45, 2.75) is 45.4 Å². The Morgan fingerprint density at radius 2 is 1.94 bits per heavy atom. The molecule has 2 N–H and O–H groups in total. The number of allylic oxidation sites excluding steroid dienone is 1. The molecule has 2 bridgehead atoms. The Kier molecular flexibility index (Phi) is 5.31. The van der Waals surface area contributed by atoms with Crippen molar-refractivity contribution in [3.05, 3.63) is 66.1 Å². The summed E-state index contributed by atoms with van der Waals surface area (Å²) in [4.78, 5) is 14.3. The fourth-order valence-corrected chi connectivity index (χ4v) is 5.34. The van der Waals surface area contributed by atoms with Gasteiger partial charge in [0.1, 0.15) is 0 Å². The number of rotatable bonds is 5. The Hall–Kier alpha value is -3.01. The number of hydrogen-bond acceptors (Lipinski definition) is 4. The number of pyridine rings is 2. The summed E-state index contributed by atoms with van der Waals surface area (Å²) in [5.41, 5.74) is 12.3. The molecule has 4 heteroatoms. The molecule has 0 spiro atoms. The molecule has 3 aliphatic rings. The number of aryl methyl sites for hydroxylation is 1. The lowest BCUT2D eigenvalue weighted by Crippen LogP contribution is -2.36. The Morgan fingerprint density at radius 1 is 1.13 bits per heavy atom. The number of nitrogens with two attached hydrogens (primary N) is 1. The van der Waals surface area contributed by atoms with Gasteiger partial charge < -0.3 is 5.73 Å². The molecule has 1 aromatic carbocycles. The zero-order valence-corrected chi connectivity index (χ0v) is 18.2. The monoisotopic (exact) mass is 410 g/mol. The van der Waals surface area contributed by atoms with Crippen LogP contribution < -0.4 is 5.73 Å². The second-order valence-electron chi connectivity index (χ2n) is 9.33. The van der Waals surface area contributed by atoms with E-state index in [1.165, 1.54) is 38.5 Å². The normalized spacial score (nSPS) is 23.6. The average molecular weight is 411 g/mol. The lowest BCUT2D eigenvalue weighted by Gasteiger charge is -2.45. The molecule has 0 atom stereocenters. The van der Waals surface area contributed by atoms with Gasteiger partial charge in [0, 0.05) is 52.9 Å². The van der Waals surface area contributed by atoms with Gasteiger partial charge in [0.05, 0.1) is 11.2 Å². The summed E-state index contributed by atoms with van der Waals surface area (Å²) in [6.45, 7) is 2.93. The van der Waals surface area contributed by atoms with Gasteiger partial charge in [-0.25, -0.2) is 0 Å². The second kappa shape index (κ2) is 8.26. The van der Waals surface area contributed by atoms with Gasteiger partial charge in [-0.15, -0.1) is 0 Å². The quantitative estimate of drug-likeness (QED) is 0.529. The van der Waals surface area contributed by atoms with Crippen LogP contribution >= 0.6 is 0 Å². The molecule has 0 aliphatic heterocycles. The maximum Gasteiger partial charge on any atom is 0.0785 e. The van der Waals surface area contributed by atoms with Gasteiger partial charge in [-0.05, 0) is 75.0 Å². The van der Waals surface area contributed by atoms with Crippen LogP contribution in [-0.2, 0) is 0 Å². The van der Waals surface area contributed by atoms with Gasteiger partial charge in [-0.1, -0.05) is 24.3 Å². The van der Waals surface area contributed by atoms with E-state index in [1.54, 1.807) is 6.20 Å². The van der Waals surface area contributed by atoms with E-state index >= 15 is 0 Å². The molecular formula is C27H30N4. The fraction of sp³-hybridized carbons (Fsp3) is 0.370. The first-order valence-electron chi connectivity index (χ1n) is 11.4. The molecule has 3 aromatic rings. The molecule has 158 valence electrons. The van der Waals surface area contributed by atoms with Crippen molar-refractivity contribution in [3.8, 4) is 11.3 Å². The third-order valence-corrected chi connectivity index (χ3v) is 7.31. The summed E-state index contributed by atoms with van der Waals surface area (Å²) in [7, 11) is 0. The second-order valence-corrected chi connectivity index (χ2v) is 9.33. The highest BCUT2D eigenvalue weighted by atomic mass is 14.8. The topological polar surface area (TPSA) is 64.2 Å². The van der Waals surface area contributed by atoms with Crippen LogP contribution in [0.2, 0.25) is 0 Å². The Balaban J connectivity index is 1.45. The lowest BCUT2D eigenvalue weighted by molar-refractivity contribution is 0.0740. The highest BCUT2D eigenvalue weighted by molar-refractivity contribution is 6.11. The number of hydrogen-bond donors (Lipinski definition) is 1. The molecule has 0 radical (unpaired) electrons. The van der Waals surface area contributed by atoms with Gasteiger partial charge in [-0.3, -0.25) is 15.0 Å². The molecule has 3 fully saturated rings. The van der Waals surface area contributed by atoms with Crippen molar-refractivity contribution in [2.24, 2.45) is 22.1 Å². The average Bonchev–Trinajstić information content (AvgIpc) is 2.83. The third kappa shape index (κ3) is 3.99. The van der Waals surface area contributed by atoms with Crippen LogP contribution in [0.3, 0.4) is 0 Å². The molecule has 6 rings (SSSR count). The van der Waals surface area contributed by atoms with Crippen LogP contribution in [0.25, 0.3) is 27.7 Å². The van der Waals surface area contributed by atoms with Gasteiger partial charge in [0.25, 0.3) is 0 Å². The Bertz CT molecular complexity index is 1140. The maximum atomic E-state index is 6.08. The van der Waals surface area contributed by atoms with Crippen molar-refractivity contribution in [3.63, 3.8) is 0 Å². The zero-order chi connectivity index (χ0) is 21.3. The molecule has 2 heterocycles. The van der Waals surface area contributed by atoms with Crippen LogP contribution in [0.15, 0.2) is 59.9 Å². The van der Waals surface area contributed by atoms with Crippen molar-refractivity contribution in [1.82, 2.24) is 9.97 Å². The Labute approximate surface area is 184 Å². The minimum atomic E-state index is 0.420. The molecule has 2 aromatic heterocycles. The third-order valence-electron chi connectivity index (χ3n) is 7.31. The molecule has 31 heavy (non-hydrogen) atoms. The highest BCUT2D eigenvalue weighted by Gasteiger charge is 2.39. The predicted molar refractivity (Wildman–Crippen MR) is 129 cm³/mol. The minimum absolute atomic E-state index is 0.420. The SMILES string of the molecule is Cc1ccc(/C(C=NCC23CCC(CC2)CC3)=C/N)c(-c2ccc3cccnc3c2)n1. The van der Waals surface area contributed by atoms with Gasteiger partial charge in [0.2, 0.25) is 0 Å². The lowest BCUT2D eigenvalue weighted by atomic mass is 9.61. The van der Waals surface area contributed by atoms with Crippen LogP contribution in [0.1, 0.15) is 49.8 Å². The minimum Gasteiger partial charge on any atom is -0.404 e. The summed E-state index contributed by atoms with van der Waals surface area (Å²) < 4.78 is 0. The summed E-state index contributed by atoms with van der Waals surface area (Å²) in [6.07, 6.45) is 13.6. The first kappa shape index (κ1) is 19.9. The van der Waals surface area contributed by atoms with E-state index in [1.807, 2.05) is 31.5 Å². The van der Waals surface area contributed by atoms with Crippen molar-refractivity contribution < 1.29 is 0 Å². The van der Waals surface area contributed by atoms with E-state index in [2.05, 4.69) is 35.3 Å². The van der Waals surface area contributed by atoms with Gasteiger partial charge in [-0.2, -0.15) is 0 Å². The summed E-state index contributed by atoms with van der Waals surface area (Å²) >= 11 is 0. The van der Waals surface area contributed by atoms with Crippen molar-refractivity contribution in [1.29, 1.82) is 0 Å². The molecular weight excluding hydrogens is 380 g/mol. The first-order chi connectivity index (χ1) is 15.2. The van der Waals surface area contributed by atoms with Crippen LogP contribution in [0.5, 0.6) is 0 Å². The smallest absolute Gasteiger partial charge is 0.0785 e. The number of aromatic nitrogens is 2. The standard InChI is InChI=1S/C27H30N4/c1-19-4-7-24(26(31-19)22-6-5-21-3-2-14-30-25(21)15-22)23(16-28)17-29-18-27-11-8-20(9-12-27)10-13-27/h2-7,14-17,20H,8-13,18,28H2,1H3/b23-16+,29-17?. The fourth-order valence-electron chi connectivity index (χ4n) is 5.34. The molecule has 3 aliphatic carbocycles. The predicted octanol–water partition coefficient (Wildman–Crippen LogP) is 5.95. The largest absolute Gasteiger partial charge is 0.404 e. The summed E-state index contributed by atoms with van der Waals surface area (Å²) in [5.74, 6) is 0.975. The van der Waals surface area contributed by atoms with E-state index in [9.17, 15) is 0 Å². The summed E-state index contributed by atoms with van der Waals surface area (Å²) in [6, 6.07) is 14.5. The van der Waals surface area contributed by atoms with Crippen molar-refractivity contribution in [2.75, 3.05) is 6.54 Å². The van der Waals surface area contributed by atoms with Crippen molar-refractivity contribution >= 4 is 22.7 Å². The number of aliphatic imine (C=N–C) groups is 1. The van der Waals surface area contributed by atoms with Crippen LogP contribution in [0.4, 0.5) is 0 Å². The van der Waals surface area contributed by atoms with E-state index in [0.29, 0.717) is 5.41 Å². The number of nitrogens with zero attached hydrogens (tertiary/aromatic N) is 3. The van der Waals surface area contributed by atoms with E-state index in [-0.39, 0.29) is 0 Å². The van der Waals surface area contributed by atoms with E-state index in [4.69, 9.17) is 15.7 Å². The summed E-state index contributed by atoms with van der Waals surface area (Å²) in [5, 5.41) is 1.12. The van der Waals surface area contributed by atoms with E-state index < -0.39 is 0 Å². The van der Waals surface area contributed by atoms with Crippen LogP contribution in [0, 0.1) is 18.3 Å². The molecule has 0 saturated heterocycles. The molecule has 3 saturated carbocycles. The number of benzene rings is 1. The maximum absolute atomic E-state index is 6.08. The zero-order valence-electron chi connectivity index (χ0n) is 18.2. The van der Waals surface area contributed by atoms with Gasteiger partial charge in [0.15, 0.2) is 0 Å². The Morgan fingerprint density at radius 3 is 2.71 bits per heavy atom. The van der Waals surface area contributed by atoms with Crippen LogP contribution in [-0.4, -0.2) is 22.7 Å². The van der Waals surface area contributed by atoms with E-state index in [0.717, 1.165) is 51.5 Å². The number of fused-ring (bicyclic) bond motifs is 4.